The number of halogens is 1. The average Bonchev–Trinajstić information content (AvgIpc) is 2.27. The average molecular weight is 269 g/mol. The molecule has 2 aliphatic rings. The van der Waals surface area contributed by atoms with Gasteiger partial charge in [-0.05, 0) is 24.1 Å². The van der Waals surface area contributed by atoms with Gasteiger partial charge in [-0.1, -0.05) is 23.7 Å². The van der Waals surface area contributed by atoms with Gasteiger partial charge < -0.3 is 15.4 Å². The monoisotopic (exact) mass is 268 g/mol. The summed E-state index contributed by atoms with van der Waals surface area (Å²) in [6.45, 7) is 3.48. The SMILES string of the molecule is C1COC1.O=C1NCCNC1c1cccc(Cl)c1. The number of hydrogen-bond donors (Lipinski definition) is 2. The maximum absolute atomic E-state index is 11.5. The minimum Gasteiger partial charge on any atom is -0.381 e. The summed E-state index contributed by atoms with van der Waals surface area (Å²) in [5.74, 6) is 0.0125. The quantitative estimate of drug-likeness (QED) is 0.812. The molecule has 2 fully saturated rings. The number of hydrogen-bond acceptors (Lipinski definition) is 3. The highest BCUT2D eigenvalue weighted by Crippen LogP contribution is 2.18. The molecular formula is C13H17ClN2O2. The van der Waals surface area contributed by atoms with E-state index < -0.39 is 0 Å². The number of rotatable bonds is 1. The zero-order valence-corrected chi connectivity index (χ0v) is 10.9. The maximum Gasteiger partial charge on any atom is 0.241 e. The van der Waals surface area contributed by atoms with Crippen LogP contribution in [0.1, 0.15) is 18.0 Å². The summed E-state index contributed by atoms with van der Waals surface area (Å²) < 4.78 is 4.72. The second kappa shape index (κ2) is 6.73. The fourth-order valence-electron chi connectivity index (χ4n) is 1.70. The summed E-state index contributed by atoms with van der Waals surface area (Å²) in [5, 5.41) is 6.60. The highest BCUT2D eigenvalue weighted by molar-refractivity contribution is 6.30. The van der Waals surface area contributed by atoms with Crippen molar-refractivity contribution in [3.8, 4) is 0 Å². The van der Waals surface area contributed by atoms with Crippen LogP contribution in [0.5, 0.6) is 0 Å². The van der Waals surface area contributed by atoms with Crippen LogP contribution in [0.15, 0.2) is 24.3 Å². The van der Waals surface area contributed by atoms with Gasteiger partial charge in [0.1, 0.15) is 6.04 Å². The molecule has 0 bridgehead atoms. The summed E-state index contributed by atoms with van der Waals surface area (Å²) >= 11 is 5.85. The van der Waals surface area contributed by atoms with Crippen molar-refractivity contribution in [2.75, 3.05) is 26.3 Å². The van der Waals surface area contributed by atoms with Crippen LogP contribution in [-0.4, -0.2) is 32.2 Å². The van der Waals surface area contributed by atoms with Crippen LogP contribution in [0.4, 0.5) is 0 Å². The Morgan fingerprint density at radius 3 is 2.56 bits per heavy atom. The first-order chi connectivity index (χ1) is 8.77. The number of amides is 1. The Hall–Kier alpha value is -1.10. The Morgan fingerprint density at radius 2 is 2.00 bits per heavy atom. The van der Waals surface area contributed by atoms with E-state index in [1.54, 1.807) is 6.07 Å². The molecule has 2 heterocycles. The zero-order chi connectivity index (χ0) is 12.8. The summed E-state index contributed by atoms with van der Waals surface area (Å²) in [5.41, 5.74) is 0.912. The Balaban J connectivity index is 0.000000256. The van der Waals surface area contributed by atoms with Gasteiger partial charge in [-0.15, -0.1) is 0 Å². The second-order valence-corrected chi connectivity index (χ2v) is 4.64. The van der Waals surface area contributed by atoms with Gasteiger partial charge >= 0.3 is 0 Å². The molecule has 1 aromatic rings. The van der Waals surface area contributed by atoms with Crippen molar-refractivity contribution in [2.24, 2.45) is 0 Å². The lowest BCUT2D eigenvalue weighted by Gasteiger charge is -2.23. The van der Waals surface area contributed by atoms with Crippen LogP contribution in [0.3, 0.4) is 0 Å². The van der Waals surface area contributed by atoms with Crippen LogP contribution < -0.4 is 10.6 Å². The van der Waals surface area contributed by atoms with E-state index in [0.29, 0.717) is 11.6 Å². The van der Waals surface area contributed by atoms with E-state index in [1.807, 2.05) is 18.2 Å². The third-order valence-corrected chi connectivity index (χ3v) is 3.03. The van der Waals surface area contributed by atoms with Crippen molar-refractivity contribution >= 4 is 17.5 Å². The van der Waals surface area contributed by atoms with E-state index in [1.165, 1.54) is 6.42 Å². The lowest BCUT2D eigenvalue weighted by Crippen LogP contribution is -2.47. The summed E-state index contributed by atoms with van der Waals surface area (Å²) in [6, 6.07) is 7.09. The molecule has 2 aliphatic heterocycles. The van der Waals surface area contributed by atoms with Gasteiger partial charge in [0, 0.05) is 31.3 Å². The van der Waals surface area contributed by atoms with E-state index in [2.05, 4.69) is 10.6 Å². The van der Waals surface area contributed by atoms with Gasteiger partial charge in [-0.3, -0.25) is 4.79 Å². The Bertz CT molecular complexity index is 404. The van der Waals surface area contributed by atoms with Crippen molar-refractivity contribution in [1.82, 2.24) is 10.6 Å². The molecular weight excluding hydrogens is 252 g/mol. The molecule has 1 atom stereocenters. The maximum atomic E-state index is 11.5. The van der Waals surface area contributed by atoms with Gasteiger partial charge in [-0.25, -0.2) is 0 Å². The molecule has 3 rings (SSSR count). The normalized spacial score (nSPS) is 22.3. The third kappa shape index (κ3) is 3.70. The van der Waals surface area contributed by atoms with Crippen molar-refractivity contribution in [1.29, 1.82) is 0 Å². The van der Waals surface area contributed by atoms with Gasteiger partial charge in [0.25, 0.3) is 0 Å². The van der Waals surface area contributed by atoms with Crippen LogP contribution >= 0.6 is 11.6 Å². The number of benzene rings is 1. The van der Waals surface area contributed by atoms with Crippen molar-refractivity contribution in [2.45, 2.75) is 12.5 Å². The van der Waals surface area contributed by atoms with E-state index >= 15 is 0 Å². The van der Waals surface area contributed by atoms with Crippen LogP contribution in [0, 0.1) is 0 Å². The zero-order valence-electron chi connectivity index (χ0n) is 10.1. The smallest absolute Gasteiger partial charge is 0.241 e. The van der Waals surface area contributed by atoms with Crippen LogP contribution in [0.2, 0.25) is 5.02 Å². The van der Waals surface area contributed by atoms with Gasteiger partial charge in [0.2, 0.25) is 5.91 Å². The summed E-state index contributed by atoms with van der Waals surface area (Å²) in [7, 11) is 0. The summed E-state index contributed by atoms with van der Waals surface area (Å²) in [4.78, 5) is 11.5. The molecule has 0 spiro atoms. The number of piperazine rings is 1. The molecule has 4 nitrogen and oxygen atoms in total. The van der Waals surface area contributed by atoms with E-state index in [0.717, 1.165) is 25.3 Å². The number of ether oxygens (including phenoxy) is 1. The van der Waals surface area contributed by atoms with E-state index in [9.17, 15) is 4.79 Å². The Morgan fingerprint density at radius 1 is 1.28 bits per heavy atom. The summed E-state index contributed by atoms with van der Waals surface area (Å²) in [6.07, 6.45) is 1.28. The molecule has 0 saturated carbocycles. The molecule has 1 amide bonds. The molecule has 1 unspecified atom stereocenters. The minimum absolute atomic E-state index is 0.0125. The number of carbonyl (C=O) groups excluding carboxylic acids is 1. The predicted molar refractivity (Wildman–Crippen MR) is 70.6 cm³/mol. The second-order valence-electron chi connectivity index (χ2n) is 4.20. The first-order valence-corrected chi connectivity index (χ1v) is 6.49. The first kappa shape index (κ1) is 13.3. The lowest BCUT2D eigenvalue weighted by molar-refractivity contribution is -0.124. The van der Waals surface area contributed by atoms with Gasteiger partial charge in [0.05, 0.1) is 0 Å². The number of nitrogens with one attached hydrogen (secondary N) is 2. The molecule has 98 valence electrons. The lowest BCUT2D eigenvalue weighted by atomic mass is 10.1. The first-order valence-electron chi connectivity index (χ1n) is 6.11. The standard InChI is InChI=1S/C10H11ClN2O.C3H6O/c11-8-3-1-2-7(6-8)9-10(14)13-5-4-12-9;1-2-4-3-1/h1-3,6,9,12H,4-5H2,(H,13,14);1-3H2. The minimum atomic E-state index is -0.262. The Labute approximate surface area is 112 Å². The van der Waals surface area contributed by atoms with Gasteiger partial charge in [-0.2, -0.15) is 0 Å². The third-order valence-electron chi connectivity index (χ3n) is 2.79. The van der Waals surface area contributed by atoms with Crippen LogP contribution in [-0.2, 0) is 9.53 Å². The molecule has 0 radical (unpaired) electrons. The molecule has 0 aromatic heterocycles. The fraction of sp³-hybridized carbons (Fsp3) is 0.462. The van der Waals surface area contributed by atoms with E-state index in [-0.39, 0.29) is 11.9 Å². The molecule has 1 aromatic carbocycles. The van der Waals surface area contributed by atoms with Crippen molar-refractivity contribution < 1.29 is 9.53 Å². The Kier molecular flexibility index (Phi) is 4.99. The number of carbonyl (C=O) groups is 1. The highest BCUT2D eigenvalue weighted by atomic mass is 35.5. The van der Waals surface area contributed by atoms with Crippen molar-refractivity contribution in [3.05, 3.63) is 34.9 Å². The van der Waals surface area contributed by atoms with Crippen LogP contribution in [0.25, 0.3) is 0 Å². The highest BCUT2D eigenvalue weighted by Gasteiger charge is 2.22. The predicted octanol–water partition coefficient (Wildman–Crippen LogP) is 1.51. The topological polar surface area (TPSA) is 50.4 Å². The van der Waals surface area contributed by atoms with Gasteiger partial charge in [0.15, 0.2) is 0 Å². The van der Waals surface area contributed by atoms with Crippen molar-refractivity contribution in [3.63, 3.8) is 0 Å². The molecule has 0 aliphatic carbocycles. The largest absolute Gasteiger partial charge is 0.381 e. The van der Waals surface area contributed by atoms with E-state index in [4.69, 9.17) is 16.3 Å². The molecule has 18 heavy (non-hydrogen) atoms. The molecule has 2 N–H and O–H groups in total. The molecule has 2 saturated heterocycles. The molecule has 5 heteroatoms. The fourth-order valence-corrected chi connectivity index (χ4v) is 1.90.